The SMILES string of the molecule is CCNC(=NCC(C)(C)c1cccc(F)c1)NCC(O)COCC(C)C.I. The normalized spacial score (nSPS) is 13.3. The lowest BCUT2D eigenvalue weighted by atomic mass is 9.85. The molecule has 0 saturated heterocycles. The molecule has 0 fully saturated rings. The molecule has 5 nitrogen and oxygen atoms in total. The number of rotatable bonds is 10. The molecule has 0 aliphatic carbocycles. The van der Waals surface area contributed by atoms with Crippen molar-refractivity contribution in [2.24, 2.45) is 10.9 Å². The largest absolute Gasteiger partial charge is 0.389 e. The highest BCUT2D eigenvalue weighted by molar-refractivity contribution is 14.0. The van der Waals surface area contributed by atoms with Crippen molar-refractivity contribution in [1.29, 1.82) is 0 Å². The summed E-state index contributed by atoms with van der Waals surface area (Å²) in [5.41, 5.74) is 0.600. The van der Waals surface area contributed by atoms with Crippen LogP contribution < -0.4 is 10.6 Å². The van der Waals surface area contributed by atoms with Gasteiger partial charge in [-0.2, -0.15) is 0 Å². The average molecular weight is 495 g/mol. The van der Waals surface area contributed by atoms with E-state index in [2.05, 4.69) is 29.5 Å². The smallest absolute Gasteiger partial charge is 0.191 e. The molecule has 0 aliphatic heterocycles. The first-order chi connectivity index (χ1) is 12.2. The van der Waals surface area contributed by atoms with Crippen molar-refractivity contribution in [2.45, 2.75) is 46.1 Å². The van der Waals surface area contributed by atoms with Gasteiger partial charge in [-0.25, -0.2) is 4.39 Å². The number of hydrogen-bond donors (Lipinski definition) is 3. The van der Waals surface area contributed by atoms with Gasteiger partial charge in [0, 0.05) is 25.1 Å². The van der Waals surface area contributed by atoms with Crippen LogP contribution in [0.5, 0.6) is 0 Å². The number of guanidine groups is 1. The number of aliphatic imine (C=N–C) groups is 1. The van der Waals surface area contributed by atoms with Crippen LogP contribution in [0.15, 0.2) is 29.3 Å². The van der Waals surface area contributed by atoms with E-state index in [0.29, 0.717) is 44.7 Å². The molecular formula is C20H35FIN3O2. The first-order valence-electron chi connectivity index (χ1n) is 9.28. The summed E-state index contributed by atoms with van der Waals surface area (Å²) >= 11 is 0. The molecule has 0 bridgehead atoms. The van der Waals surface area contributed by atoms with Gasteiger partial charge in [0.1, 0.15) is 5.82 Å². The summed E-state index contributed by atoms with van der Waals surface area (Å²) in [6.07, 6.45) is -0.603. The van der Waals surface area contributed by atoms with Gasteiger partial charge in [-0.1, -0.05) is 39.8 Å². The first-order valence-corrected chi connectivity index (χ1v) is 9.28. The Morgan fingerprint density at radius 3 is 2.56 bits per heavy atom. The van der Waals surface area contributed by atoms with Crippen molar-refractivity contribution >= 4 is 29.9 Å². The minimum atomic E-state index is -0.603. The maximum absolute atomic E-state index is 13.5. The van der Waals surface area contributed by atoms with Gasteiger partial charge < -0.3 is 20.5 Å². The van der Waals surface area contributed by atoms with E-state index in [0.717, 1.165) is 5.56 Å². The van der Waals surface area contributed by atoms with E-state index >= 15 is 0 Å². The summed E-state index contributed by atoms with van der Waals surface area (Å²) in [6.45, 7) is 12.7. The molecule has 0 spiro atoms. The second-order valence-corrected chi connectivity index (χ2v) is 7.56. The van der Waals surface area contributed by atoms with E-state index < -0.39 is 6.10 Å². The standard InChI is InChI=1S/C20H34FN3O2.HI/c1-6-22-19(23-11-18(25)13-26-12-15(2)3)24-14-20(4,5)16-8-7-9-17(21)10-16;/h7-10,15,18,25H,6,11-14H2,1-5H3,(H2,22,23,24);1H. The van der Waals surface area contributed by atoms with Crippen molar-refractivity contribution in [3.8, 4) is 0 Å². The first kappa shape index (κ1) is 26.1. The highest BCUT2D eigenvalue weighted by Gasteiger charge is 2.21. The zero-order valence-corrected chi connectivity index (χ0v) is 19.4. The van der Waals surface area contributed by atoms with Gasteiger partial charge in [0.15, 0.2) is 5.96 Å². The second kappa shape index (κ2) is 13.3. The number of nitrogens with zero attached hydrogens (tertiary/aromatic N) is 1. The van der Waals surface area contributed by atoms with Crippen LogP contribution in [0.3, 0.4) is 0 Å². The second-order valence-electron chi connectivity index (χ2n) is 7.56. The summed E-state index contributed by atoms with van der Waals surface area (Å²) in [7, 11) is 0. The molecule has 27 heavy (non-hydrogen) atoms. The van der Waals surface area contributed by atoms with Crippen LogP contribution >= 0.6 is 24.0 Å². The lowest BCUT2D eigenvalue weighted by Crippen LogP contribution is -2.43. The van der Waals surface area contributed by atoms with Crippen LogP contribution in [0.4, 0.5) is 4.39 Å². The maximum Gasteiger partial charge on any atom is 0.191 e. The third-order valence-electron chi connectivity index (χ3n) is 3.85. The Morgan fingerprint density at radius 1 is 1.26 bits per heavy atom. The summed E-state index contributed by atoms with van der Waals surface area (Å²) in [5, 5.41) is 16.3. The Morgan fingerprint density at radius 2 is 1.96 bits per heavy atom. The summed E-state index contributed by atoms with van der Waals surface area (Å²) in [4.78, 5) is 4.59. The van der Waals surface area contributed by atoms with Gasteiger partial charge in [-0.05, 0) is 30.5 Å². The highest BCUT2D eigenvalue weighted by Crippen LogP contribution is 2.24. The summed E-state index contributed by atoms with van der Waals surface area (Å²) in [6, 6.07) is 6.62. The van der Waals surface area contributed by atoms with Crippen molar-refractivity contribution < 1.29 is 14.2 Å². The molecule has 0 aliphatic rings. The van der Waals surface area contributed by atoms with Gasteiger partial charge in [-0.15, -0.1) is 24.0 Å². The molecule has 0 saturated carbocycles. The lowest BCUT2D eigenvalue weighted by Gasteiger charge is -2.24. The Labute approximate surface area is 180 Å². The third-order valence-corrected chi connectivity index (χ3v) is 3.85. The predicted octanol–water partition coefficient (Wildman–Crippen LogP) is 3.31. The fraction of sp³-hybridized carbons (Fsp3) is 0.650. The summed E-state index contributed by atoms with van der Waals surface area (Å²) < 4.78 is 18.9. The Kier molecular flexibility index (Phi) is 12.8. The molecule has 0 amide bonds. The van der Waals surface area contributed by atoms with E-state index in [4.69, 9.17) is 4.74 Å². The number of nitrogens with one attached hydrogen (secondary N) is 2. The molecule has 1 aromatic rings. The van der Waals surface area contributed by atoms with Crippen molar-refractivity contribution in [2.75, 3.05) is 32.8 Å². The zero-order valence-electron chi connectivity index (χ0n) is 17.1. The van der Waals surface area contributed by atoms with Crippen LogP contribution in [-0.2, 0) is 10.2 Å². The monoisotopic (exact) mass is 495 g/mol. The molecule has 156 valence electrons. The molecule has 7 heteroatoms. The minimum Gasteiger partial charge on any atom is -0.389 e. The van der Waals surface area contributed by atoms with E-state index in [1.165, 1.54) is 6.07 Å². The van der Waals surface area contributed by atoms with E-state index in [1.54, 1.807) is 12.1 Å². The van der Waals surface area contributed by atoms with Gasteiger partial charge >= 0.3 is 0 Å². The molecule has 0 radical (unpaired) electrons. The molecule has 0 heterocycles. The van der Waals surface area contributed by atoms with Crippen LogP contribution in [-0.4, -0.2) is 50.0 Å². The number of ether oxygens (including phenoxy) is 1. The topological polar surface area (TPSA) is 65.9 Å². The molecular weight excluding hydrogens is 460 g/mol. The fourth-order valence-corrected chi connectivity index (χ4v) is 2.33. The Bertz CT molecular complexity index is 568. The van der Waals surface area contributed by atoms with Gasteiger partial charge in [0.05, 0.1) is 19.3 Å². The number of aliphatic hydroxyl groups is 1. The fourth-order valence-electron chi connectivity index (χ4n) is 2.33. The van der Waals surface area contributed by atoms with Crippen LogP contribution in [0.1, 0.15) is 40.2 Å². The number of halogens is 2. The lowest BCUT2D eigenvalue weighted by molar-refractivity contribution is 0.0280. The molecule has 1 rings (SSSR count). The maximum atomic E-state index is 13.5. The van der Waals surface area contributed by atoms with Gasteiger partial charge in [-0.3, -0.25) is 4.99 Å². The van der Waals surface area contributed by atoms with E-state index in [9.17, 15) is 9.50 Å². The zero-order chi connectivity index (χ0) is 19.6. The van der Waals surface area contributed by atoms with Gasteiger partial charge in [0.2, 0.25) is 0 Å². The minimum absolute atomic E-state index is 0. The quantitative estimate of drug-likeness (QED) is 0.265. The van der Waals surface area contributed by atoms with E-state index in [-0.39, 0.29) is 35.2 Å². The molecule has 1 aromatic carbocycles. The number of aliphatic hydroxyl groups excluding tert-OH is 1. The highest BCUT2D eigenvalue weighted by atomic mass is 127. The van der Waals surface area contributed by atoms with Crippen molar-refractivity contribution in [1.82, 2.24) is 10.6 Å². The molecule has 0 aromatic heterocycles. The van der Waals surface area contributed by atoms with E-state index in [1.807, 2.05) is 26.8 Å². The summed E-state index contributed by atoms with van der Waals surface area (Å²) in [5.74, 6) is 0.827. The van der Waals surface area contributed by atoms with Crippen molar-refractivity contribution in [3.63, 3.8) is 0 Å². The number of hydrogen-bond acceptors (Lipinski definition) is 3. The molecule has 1 unspecified atom stereocenters. The molecule has 1 atom stereocenters. The third kappa shape index (κ3) is 10.8. The van der Waals surface area contributed by atoms with Crippen LogP contribution in [0, 0.1) is 11.7 Å². The van der Waals surface area contributed by atoms with Gasteiger partial charge in [0.25, 0.3) is 0 Å². The predicted molar refractivity (Wildman–Crippen MR) is 120 cm³/mol. The number of benzene rings is 1. The molecule has 3 N–H and O–H groups in total. The average Bonchev–Trinajstić information content (AvgIpc) is 2.57. The Hall–Kier alpha value is -0.930. The van der Waals surface area contributed by atoms with Crippen molar-refractivity contribution in [3.05, 3.63) is 35.6 Å². The Balaban J connectivity index is 0.00000676. The van der Waals surface area contributed by atoms with Crippen LogP contribution in [0.2, 0.25) is 0 Å². The van der Waals surface area contributed by atoms with Crippen LogP contribution in [0.25, 0.3) is 0 Å².